The number of sulfone groups is 1. The monoisotopic (exact) mass is 344 g/mol. The van der Waals surface area contributed by atoms with Crippen LogP contribution in [-0.2, 0) is 15.6 Å². The lowest BCUT2D eigenvalue weighted by molar-refractivity contribution is 0.587. The van der Waals surface area contributed by atoms with Crippen LogP contribution in [0, 0.1) is 5.82 Å². The van der Waals surface area contributed by atoms with Crippen molar-refractivity contribution in [3.8, 4) is 0 Å². The highest BCUT2D eigenvalue weighted by Crippen LogP contribution is 2.24. The van der Waals surface area contributed by atoms with E-state index >= 15 is 0 Å². The van der Waals surface area contributed by atoms with Gasteiger partial charge in [0.25, 0.3) is 0 Å². The summed E-state index contributed by atoms with van der Waals surface area (Å²) in [4.78, 5) is 3.69. The predicted octanol–water partition coefficient (Wildman–Crippen LogP) is 2.54. The number of anilines is 1. The van der Waals surface area contributed by atoms with Gasteiger partial charge in [-0.25, -0.2) is 12.8 Å². The molecular formula is C12H10BrFN2O2S. The molecule has 0 amide bonds. The second-order valence-electron chi connectivity index (χ2n) is 3.91. The van der Waals surface area contributed by atoms with E-state index in [4.69, 9.17) is 5.73 Å². The highest BCUT2D eigenvalue weighted by Gasteiger charge is 2.20. The number of hydrogen-bond acceptors (Lipinski definition) is 4. The van der Waals surface area contributed by atoms with E-state index in [1.807, 2.05) is 0 Å². The molecular weight excluding hydrogens is 335 g/mol. The Bertz CT molecular complexity index is 719. The Kier molecular flexibility index (Phi) is 3.86. The largest absolute Gasteiger partial charge is 0.396 e. The Morgan fingerprint density at radius 2 is 2.05 bits per heavy atom. The van der Waals surface area contributed by atoms with Crippen molar-refractivity contribution in [3.63, 3.8) is 0 Å². The molecule has 1 heterocycles. The average molecular weight is 345 g/mol. The SMILES string of the molecule is Nc1cnccc1S(=O)(=O)Cc1cc(Br)ccc1F. The molecule has 0 unspecified atom stereocenters. The molecule has 0 aliphatic rings. The van der Waals surface area contributed by atoms with Crippen LogP contribution in [0.3, 0.4) is 0 Å². The zero-order valence-electron chi connectivity index (χ0n) is 9.68. The fraction of sp³-hybridized carbons (Fsp3) is 0.0833. The molecule has 0 fully saturated rings. The molecule has 0 radical (unpaired) electrons. The fourth-order valence-corrected chi connectivity index (χ4v) is 3.49. The summed E-state index contributed by atoms with van der Waals surface area (Å²) in [5.41, 5.74) is 5.73. The van der Waals surface area contributed by atoms with Crippen LogP contribution in [0.2, 0.25) is 0 Å². The molecule has 0 aliphatic heterocycles. The standard InChI is InChI=1S/C12H10BrFN2O2S/c13-9-1-2-10(14)8(5-9)7-19(17,18)12-3-4-16-6-11(12)15/h1-6H,7,15H2. The first-order chi connectivity index (χ1) is 8.90. The highest BCUT2D eigenvalue weighted by molar-refractivity contribution is 9.10. The number of nitrogens with two attached hydrogens (primary N) is 1. The lowest BCUT2D eigenvalue weighted by Gasteiger charge is -2.08. The summed E-state index contributed by atoms with van der Waals surface area (Å²) in [6.45, 7) is 0. The van der Waals surface area contributed by atoms with Crippen molar-refractivity contribution in [2.45, 2.75) is 10.6 Å². The normalized spacial score (nSPS) is 11.5. The van der Waals surface area contributed by atoms with Crippen molar-refractivity contribution in [1.82, 2.24) is 4.98 Å². The molecule has 0 atom stereocenters. The third kappa shape index (κ3) is 3.10. The van der Waals surface area contributed by atoms with Gasteiger partial charge in [-0.2, -0.15) is 0 Å². The van der Waals surface area contributed by atoms with Gasteiger partial charge < -0.3 is 5.73 Å². The van der Waals surface area contributed by atoms with Gasteiger partial charge in [-0.3, -0.25) is 4.98 Å². The summed E-state index contributed by atoms with van der Waals surface area (Å²) in [5.74, 6) is -1.02. The quantitative estimate of drug-likeness (QED) is 0.928. The number of benzene rings is 1. The van der Waals surface area contributed by atoms with Crippen molar-refractivity contribution >= 4 is 31.5 Å². The maximum Gasteiger partial charge on any atom is 0.184 e. The lowest BCUT2D eigenvalue weighted by atomic mass is 10.2. The molecule has 2 N–H and O–H groups in total. The Hall–Kier alpha value is -1.47. The molecule has 0 spiro atoms. The fourth-order valence-electron chi connectivity index (χ4n) is 1.61. The van der Waals surface area contributed by atoms with Gasteiger partial charge in [0, 0.05) is 16.2 Å². The zero-order valence-corrected chi connectivity index (χ0v) is 12.1. The summed E-state index contributed by atoms with van der Waals surface area (Å²) in [6, 6.07) is 5.46. The summed E-state index contributed by atoms with van der Waals surface area (Å²) in [6.07, 6.45) is 2.59. The van der Waals surface area contributed by atoms with E-state index < -0.39 is 21.4 Å². The second kappa shape index (κ2) is 5.26. The van der Waals surface area contributed by atoms with Crippen molar-refractivity contribution in [2.24, 2.45) is 0 Å². The van der Waals surface area contributed by atoms with Crippen LogP contribution in [0.25, 0.3) is 0 Å². The van der Waals surface area contributed by atoms with Gasteiger partial charge in [-0.15, -0.1) is 0 Å². The van der Waals surface area contributed by atoms with Crippen LogP contribution < -0.4 is 5.73 Å². The number of rotatable bonds is 3. The topological polar surface area (TPSA) is 73.0 Å². The first-order valence-electron chi connectivity index (χ1n) is 5.26. The number of hydrogen-bond donors (Lipinski definition) is 1. The van der Waals surface area contributed by atoms with Crippen molar-refractivity contribution in [2.75, 3.05) is 5.73 Å². The van der Waals surface area contributed by atoms with Gasteiger partial charge in [0.15, 0.2) is 9.84 Å². The van der Waals surface area contributed by atoms with Crippen LogP contribution in [-0.4, -0.2) is 13.4 Å². The molecule has 1 aromatic heterocycles. The number of nitrogens with zero attached hydrogens (tertiary/aromatic N) is 1. The van der Waals surface area contributed by atoms with E-state index in [1.54, 1.807) is 0 Å². The van der Waals surface area contributed by atoms with E-state index in [9.17, 15) is 12.8 Å². The summed E-state index contributed by atoms with van der Waals surface area (Å²) >= 11 is 3.18. The van der Waals surface area contributed by atoms with Crippen molar-refractivity contribution in [3.05, 3.63) is 52.5 Å². The Morgan fingerprint density at radius 1 is 1.32 bits per heavy atom. The minimum absolute atomic E-state index is 0.0399. The zero-order chi connectivity index (χ0) is 14.0. The van der Waals surface area contributed by atoms with Gasteiger partial charge in [-0.05, 0) is 24.3 Å². The third-order valence-corrected chi connectivity index (χ3v) is 4.72. The molecule has 7 heteroatoms. The summed E-state index contributed by atoms with van der Waals surface area (Å²) in [5, 5.41) is 0. The van der Waals surface area contributed by atoms with Gasteiger partial charge in [0.1, 0.15) is 5.82 Å². The van der Waals surface area contributed by atoms with Crippen LogP contribution in [0.1, 0.15) is 5.56 Å². The van der Waals surface area contributed by atoms with E-state index in [0.29, 0.717) is 4.47 Å². The smallest absolute Gasteiger partial charge is 0.184 e. The molecule has 0 saturated carbocycles. The van der Waals surface area contributed by atoms with Crippen molar-refractivity contribution in [1.29, 1.82) is 0 Å². The highest BCUT2D eigenvalue weighted by atomic mass is 79.9. The van der Waals surface area contributed by atoms with E-state index in [-0.39, 0.29) is 16.1 Å². The molecule has 1 aromatic carbocycles. The molecule has 2 aromatic rings. The van der Waals surface area contributed by atoms with Gasteiger partial charge in [0.2, 0.25) is 0 Å². The van der Waals surface area contributed by atoms with Crippen molar-refractivity contribution < 1.29 is 12.8 Å². The maximum absolute atomic E-state index is 13.6. The van der Waals surface area contributed by atoms with Gasteiger partial charge in [-0.1, -0.05) is 15.9 Å². The third-order valence-electron chi connectivity index (χ3n) is 2.50. The molecule has 2 rings (SSSR count). The first kappa shape index (κ1) is 14.0. The van der Waals surface area contributed by atoms with Crippen LogP contribution in [0.5, 0.6) is 0 Å². The van der Waals surface area contributed by atoms with Gasteiger partial charge in [0.05, 0.1) is 22.5 Å². The van der Waals surface area contributed by atoms with Crippen LogP contribution in [0.15, 0.2) is 46.0 Å². The van der Waals surface area contributed by atoms with E-state index in [0.717, 1.165) is 0 Å². The van der Waals surface area contributed by atoms with E-state index in [1.165, 1.54) is 36.7 Å². The number of halogens is 2. The predicted molar refractivity (Wildman–Crippen MR) is 73.6 cm³/mol. The number of aromatic nitrogens is 1. The summed E-state index contributed by atoms with van der Waals surface area (Å²) < 4.78 is 38.6. The Morgan fingerprint density at radius 3 is 2.74 bits per heavy atom. The minimum atomic E-state index is -3.71. The molecule has 0 aliphatic carbocycles. The van der Waals surface area contributed by atoms with Crippen LogP contribution >= 0.6 is 15.9 Å². The number of pyridine rings is 1. The maximum atomic E-state index is 13.6. The molecule has 0 saturated heterocycles. The second-order valence-corrected chi connectivity index (χ2v) is 6.78. The molecule has 19 heavy (non-hydrogen) atoms. The van der Waals surface area contributed by atoms with Gasteiger partial charge >= 0.3 is 0 Å². The molecule has 100 valence electrons. The average Bonchev–Trinajstić information content (AvgIpc) is 2.34. The summed E-state index contributed by atoms with van der Waals surface area (Å²) in [7, 11) is -3.71. The first-order valence-corrected chi connectivity index (χ1v) is 7.71. The minimum Gasteiger partial charge on any atom is -0.396 e. The Labute approximate surface area is 118 Å². The molecule has 0 bridgehead atoms. The van der Waals surface area contributed by atoms with E-state index in [2.05, 4.69) is 20.9 Å². The Balaban J connectivity index is 2.43. The van der Waals surface area contributed by atoms with Crippen LogP contribution in [0.4, 0.5) is 10.1 Å². The lowest BCUT2D eigenvalue weighted by Crippen LogP contribution is -2.09. The number of nitrogen functional groups attached to an aromatic ring is 1. The molecule has 4 nitrogen and oxygen atoms in total.